The van der Waals surface area contributed by atoms with Gasteiger partial charge in [0, 0.05) is 0 Å². The van der Waals surface area contributed by atoms with E-state index in [1.54, 1.807) is 12.1 Å². The second-order valence-electron chi connectivity index (χ2n) is 4.95. The Morgan fingerprint density at radius 3 is 2.52 bits per heavy atom. The zero-order valence-electron chi connectivity index (χ0n) is 12.1. The van der Waals surface area contributed by atoms with E-state index in [-0.39, 0.29) is 12.8 Å². The number of aryl methyl sites for hydroxylation is 1. The topological polar surface area (TPSA) is 83.8 Å². The van der Waals surface area contributed by atoms with Crippen molar-refractivity contribution in [3.8, 4) is 5.75 Å². The van der Waals surface area contributed by atoms with E-state index in [2.05, 4.69) is 0 Å². The van der Waals surface area contributed by atoms with Gasteiger partial charge in [-0.2, -0.15) is 0 Å². The van der Waals surface area contributed by atoms with E-state index in [0.717, 1.165) is 37.7 Å². The third-order valence-electron chi connectivity index (χ3n) is 3.08. The molecule has 1 aromatic rings. The van der Waals surface area contributed by atoms with Crippen LogP contribution in [0.3, 0.4) is 0 Å². The molecule has 0 aliphatic rings. The van der Waals surface area contributed by atoms with E-state index in [1.165, 1.54) is 0 Å². The lowest BCUT2D eigenvalue weighted by Gasteiger charge is -2.04. The van der Waals surface area contributed by atoms with Gasteiger partial charge in [0.25, 0.3) is 0 Å². The molecular weight excluding hydrogens is 272 g/mol. The summed E-state index contributed by atoms with van der Waals surface area (Å²) in [7, 11) is 0. The van der Waals surface area contributed by atoms with E-state index in [1.807, 2.05) is 12.1 Å². The summed E-state index contributed by atoms with van der Waals surface area (Å²) in [5.41, 5.74) is 1.12. The maximum absolute atomic E-state index is 11.1. The normalized spacial score (nSPS) is 10.3. The average molecular weight is 294 g/mol. The molecular formula is C16H22O5. The van der Waals surface area contributed by atoms with Gasteiger partial charge in [-0.05, 0) is 37.0 Å². The van der Waals surface area contributed by atoms with Crippen LogP contribution in [0.25, 0.3) is 0 Å². The molecule has 0 amide bonds. The van der Waals surface area contributed by atoms with E-state index in [9.17, 15) is 14.7 Å². The molecule has 0 aromatic heterocycles. The number of carbonyl (C=O) groups is 2. The first-order valence-electron chi connectivity index (χ1n) is 7.23. The van der Waals surface area contributed by atoms with Crippen molar-refractivity contribution in [1.29, 1.82) is 0 Å². The lowest BCUT2D eigenvalue weighted by molar-refractivity contribution is -0.147. The van der Waals surface area contributed by atoms with Crippen molar-refractivity contribution in [2.24, 2.45) is 0 Å². The van der Waals surface area contributed by atoms with Crippen molar-refractivity contribution in [2.45, 2.75) is 44.9 Å². The predicted octanol–water partition coefficient (Wildman–Crippen LogP) is 2.90. The summed E-state index contributed by atoms with van der Waals surface area (Å²) < 4.78 is 4.94. The largest absolute Gasteiger partial charge is 0.508 e. The smallest absolute Gasteiger partial charge is 0.306 e. The molecule has 0 spiro atoms. The zero-order valence-corrected chi connectivity index (χ0v) is 12.1. The first kappa shape index (κ1) is 17.0. The van der Waals surface area contributed by atoms with E-state index < -0.39 is 11.9 Å². The molecule has 0 atom stereocenters. The van der Waals surface area contributed by atoms with Crippen LogP contribution in [0.15, 0.2) is 24.3 Å². The number of aliphatic carboxylic acids is 1. The molecule has 0 radical (unpaired) electrons. The van der Waals surface area contributed by atoms with Crippen LogP contribution in [0.1, 0.15) is 44.1 Å². The van der Waals surface area contributed by atoms with E-state index in [4.69, 9.17) is 9.84 Å². The van der Waals surface area contributed by atoms with Crippen molar-refractivity contribution in [2.75, 3.05) is 6.61 Å². The molecule has 0 fully saturated rings. The number of rotatable bonds is 10. The van der Waals surface area contributed by atoms with Crippen molar-refractivity contribution < 1.29 is 24.5 Å². The van der Waals surface area contributed by atoms with Crippen LogP contribution < -0.4 is 0 Å². The summed E-state index contributed by atoms with van der Waals surface area (Å²) in [5, 5.41) is 17.7. The first-order chi connectivity index (χ1) is 10.1. The van der Waals surface area contributed by atoms with Gasteiger partial charge in [-0.3, -0.25) is 9.59 Å². The van der Waals surface area contributed by atoms with E-state index in [0.29, 0.717) is 12.4 Å². The summed E-state index contributed by atoms with van der Waals surface area (Å²) in [6.45, 7) is 0.352. The van der Waals surface area contributed by atoms with Gasteiger partial charge >= 0.3 is 11.9 Å². The number of phenolic OH excluding ortho intramolecular Hbond substituents is 1. The Morgan fingerprint density at radius 1 is 1.05 bits per heavy atom. The molecule has 5 nitrogen and oxygen atoms in total. The Hall–Kier alpha value is -2.04. The minimum absolute atomic E-state index is 0.0627. The zero-order chi connectivity index (χ0) is 15.5. The van der Waals surface area contributed by atoms with Crippen LogP contribution in [-0.2, 0) is 20.7 Å². The number of esters is 1. The highest BCUT2D eigenvalue weighted by Crippen LogP contribution is 2.14. The quantitative estimate of drug-likeness (QED) is 0.512. The molecule has 1 rings (SSSR count). The molecule has 0 unspecified atom stereocenters. The summed E-state index contributed by atoms with van der Waals surface area (Å²) in [6, 6.07) is 7.25. The molecule has 116 valence electrons. The van der Waals surface area contributed by atoms with Gasteiger partial charge in [0.15, 0.2) is 0 Å². The number of carboxylic acids is 1. The van der Waals surface area contributed by atoms with Crippen LogP contribution in [0.5, 0.6) is 5.75 Å². The number of unbranched alkanes of at least 4 members (excludes halogenated alkanes) is 3. The summed E-state index contributed by atoms with van der Waals surface area (Å²) in [6.07, 6.45) is 4.49. The van der Waals surface area contributed by atoms with Crippen LogP contribution in [0.2, 0.25) is 0 Å². The molecule has 0 heterocycles. The van der Waals surface area contributed by atoms with Crippen molar-refractivity contribution in [3.05, 3.63) is 29.8 Å². The maximum Gasteiger partial charge on any atom is 0.306 e. The van der Waals surface area contributed by atoms with Gasteiger partial charge < -0.3 is 14.9 Å². The van der Waals surface area contributed by atoms with Gasteiger partial charge in [-0.1, -0.05) is 25.0 Å². The fourth-order valence-electron chi connectivity index (χ4n) is 1.96. The molecule has 0 saturated carbocycles. The summed E-state index contributed by atoms with van der Waals surface area (Å²) in [4.78, 5) is 21.4. The third kappa shape index (κ3) is 8.68. The number of aromatic hydroxyl groups is 1. The lowest BCUT2D eigenvalue weighted by Crippen LogP contribution is -2.08. The Morgan fingerprint density at radius 2 is 1.81 bits per heavy atom. The molecule has 0 bridgehead atoms. The molecule has 0 aliphatic heterocycles. The first-order valence-corrected chi connectivity index (χ1v) is 7.23. The van der Waals surface area contributed by atoms with Crippen LogP contribution >= 0.6 is 0 Å². The number of phenols is 1. The van der Waals surface area contributed by atoms with Gasteiger partial charge in [0.2, 0.25) is 0 Å². The number of ether oxygens (including phenoxy) is 1. The standard InChI is InChI=1S/C16H22O5/c17-14-8-5-7-13(12-14)6-3-1-2-4-11-21-16(20)10-9-15(18)19/h5,7-8,12,17H,1-4,6,9-11H2,(H,18,19). The molecule has 0 saturated heterocycles. The predicted molar refractivity (Wildman–Crippen MR) is 78.1 cm³/mol. The summed E-state index contributed by atoms with van der Waals surface area (Å²) >= 11 is 0. The highest BCUT2D eigenvalue weighted by molar-refractivity contribution is 5.76. The van der Waals surface area contributed by atoms with Gasteiger partial charge in [-0.25, -0.2) is 0 Å². The molecule has 1 aromatic carbocycles. The van der Waals surface area contributed by atoms with Crippen molar-refractivity contribution in [1.82, 2.24) is 0 Å². The SMILES string of the molecule is O=C(O)CCC(=O)OCCCCCCc1cccc(O)c1. The van der Waals surface area contributed by atoms with Gasteiger partial charge in [0.1, 0.15) is 5.75 Å². The monoisotopic (exact) mass is 294 g/mol. The number of carboxylic acid groups (broad SMARTS) is 1. The number of hydrogen-bond acceptors (Lipinski definition) is 4. The van der Waals surface area contributed by atoms with Crippen LogP contribution in [0, 0.1) is 0 Å². The fourth-order valence-corrected chi connectivity index (χ4v) is 1.96. The Balaban J connectivity index is 1.97. The Labute approximate surface area is 124 Å². The van der Waals surface area contributed by atoms with Crippen molar-refractivity contribution >= 4 is 11.9 Å². The van der Waals surface area contributed by atoms with Crippen LogP contribution in [-0.4, -0.2) is 28.8 Å². The molecule has 2 N–H and O–H groups in total. The maximum atomic E-state index is 11.1. The van der Waals surface area contributed by atoms with Crippen molar-refractivity contribution in [3.63, 3.8) is 0 Å². The summed E-state index contributed by atoms with van der Waals surface area (Å²) in [5.74, 6) is -1.14. The third-order valence-corrected chi connectivity index (χ3v) is 3.08. The molecule has 21 heavy (non-hydrogen) atoms. The Kier molecular flexibility index (Phi) is 7.94. The minimum Gasteiger partial charge on any atom is -0.508 e. The van der Waals surface area contributed by atoms with Gasteiger partial charge in [0.05, 0.1) is 19.4 Å². The fraction of sp³-hybridized carbons (Fsp3) is 0.500. The average Bonchev–Trinajstić information content (AvgIpc) is 2.44. The molecule has 5 heteroatoms. The highest BCUT2D eigenvalue weighted by atomic mass is 16.5. The molecule has 0 aliphatic carbocycles. The second-order valence-corrected chi connectivity index (χ2v) is 4.95. The lowest BCUT2D eigenvalue weighted by atomic mass is 10.1. The Bertz CT molecular complexity index is 456. The van der Waals surface area contributed by atoms with Crippen LogP contribution in [0.4, 0.5) is 0 Å². The minimum atomic E-state index is -0.987. The number of hydrogen-bond donors (Lipinski definition) is 2. The second kappa shape index (κ2) is 9.80. The number of carbonyl (C=O) groups excluding carboxylic acids is 1. The van der Waals surface area contributed by atoms with E-state index >= 15 is 0 Å². The highest BCUT2D eigenvalue weighted by Gasteiger charge is 2.05. The number of benzene rings is 1. The van der Waals surface area contributed by atoms with Gasteiger partial charge in [-0.15, -0.1) is 0 Å².